The molecule has 0 aliphatic carbocycles. The highest BCUT2D eigenvalue weighted by Gasteiger charge is 2.36. The fourth-order valence-electron chi connectivity index (χ4n) is 1.85. The Labute approximate surface area is 122 Å². The number of halogens is 3. The number of ether oxygens (including phenoxy) is 1. The Hall–Kier alpha value is -0.880. The van der Waals surface area contributed by atoms with Gasteiger partial charge in [-0.2, -0.15) is 13.2 Å². The van der Waals surface area contributed by atoms with Crippen molar-refractivity contribution in [3.05, 3.63) is 23.8 Å². The van der Waals surface area contributed by atoms with E-state index < -0.39 is 12.2 Å². The molecule has 1 rings (SSSR count). The first kappa shape index (κ1) is 17.2. The SMILES string of the molecule is CC(C)(C)c1c(S)cccc1OCCC(N)C(F)(F)F. The van der Waals surface area contributed by atoms with Crippen molar-refractivity contribution < 1.29 is 17.9 Å². The molecular formula is C14H20F3NOS. The maximum atomic E-state index is 12.3. The van der Waals surface area contributed by atoms with E-state index in [0.717, 1.165) is 10.5 Å². The maximum Gasteiger partial charge on any atom is 0.403 e. The molecule has 0 fully saturated rings. The van der Waals surface area contributed by atoms with Crippen LogP contribution in [0.2, 0.25) is 0 Å². The fourth-order valence-corrected chi connectivity index (χ4v) is 2.38. The second kappa shape index (κ2) is 6.26. The first-order valence-electron chi connectivity index (χ1n) is 6.31. The Bertz CT molecular complexity index is 455. The van der Waals surface area contributed by atoms with E-state index in [1.165, 1.54) is 0 Å². The monoisotopic (exact) mass is 307 g/mol. The minimum atomic E-state index is -4.39. The van der Waals surface area contributed by atoms with Crippen molar-refractivity contribution in [2.24, 2.45) is 5.73 Å². The Morgan fingerprint density at radius 1 is 1.25 bits per heavy atom. The average molecular weight is 307 g/mol. The summed E-state index contributed by atoms with van der Waals surface area (Å²) in [6, 6.07) is 3.47. The highest BCUT2D eigenvalue weighted by atomic mass is 32.1. The van der Waals surface area contributed by atoms with Crippen molar-refractivity contribution in [2.75, 3.05) is 6.61 Å². The molecule has 0 heterocycles. The number of hydrogen-bond acceptors (Lipinski definition) is 3. The summed E-state index contributed by atoms with van der Waals surface area (Å²) >= 11 is 4.38. The molecule has 0 aliphatic heterocycles. The summed E-state index contributed by atoms with van der Waals surface area (Å²) in [7, 11) is 0. The summed E-state index contributed by atoms with van der Waals surface area (Å²) in [5.74, 6) is 0.555. The molecule has 114 valence electrons. The topological polar surface area (TPSA) is 35.2 Å². The van der Waals surface area contributed by atoms with Crippen LogP contribution in [-0.2, 0) is 5.41 Å². The largest absolute Gasteiger partial charge is 0.493 e. The van der Waals surface area contributed by atoms with E-state index in [4.69, 9.17) is 10.5 Å². The molecule has 20 heavy (non-hydrogen) atoms. The van der Waals surface area contributed by atoms with Crippen LogP contribution in [0.25, 0.3) is 0 Å². The molecule has 0 bridgehead atoms. The fraction of sp³-hybridized carbons (Fsp3) is 0.571. The van der Waals surface area contributed by atoms with Crippen molar-refractivity contribution in [1.82, 2.24) is 0 Å². The Balaban J connectivity index is 2.77. The Kier molecular flexibility index (Phi) is 5.38. The van der Waals surface area contributed by atoms with Gasteiger partial charge in [-0.15, -0.1) is 12.6 Å². The first-order valence-corrected chi connectivity index (χ1v) is 6.75. The lowest BCUT2D eigenvalue weighted by atomic mass is 9.86. The van der Waals surface area contributed by atoms with E-state index >= 15 is 0 Å². The van der Waals surface area contributed by atoms with Crippen LogP contribution >= 0.6 is 12.6 Å². The van der Waals surface area contributed by atoms with Crippen molar-refractivity contribution >= 4 is 12.6 Å². The molecule has 2 nitrogen and oxygen atoms in total. The second-order valence-corrected chi connectivity index (χ2v) is 6.17. The molecule has 0 spiro atoms. The van der Waals surface area contributed by atoms with Gasteiger partial charge in [0.15, 0.2) is 0 Å². The third-order valence-corrected chi connectivity index (χ3v) is 3.23. The minimum absolute atomic E-state index is 0.0824. The van der Waals surface area contributed by atoms with Crippen LogP contribution in [0.1, 0.15) is 32.8 Å². The zero-order chi connectivity index (χ0) is 15.6. The summed E-state index contributed by atoms with van der Waals surface area (Å²) in [6.45, 7) is 5.91. The predicted octanol–water partition coefficient (Wildman–Crippen LogP) is 3.93. The lowest BCUT2D eigenvalue weighted by Crippen LogP contribution is -2.38. The van der Waals surface area contributed by atoms with E-state index in [9.17, 15) is 13.2 Å². The third-order valence-electron chi connectivity index (χ3n) is 2.86. The number of alkyl halides is 3. The normalized spacial score (nSPS) is 14.2. The molecular weight excluding hydrogens is 287 g/mol. The van der Waals surface area contributed by atoms with E-state index in [1.54, 1.807) is 12.1 Å². The Morgan fingerprint density at radius 2 is 1.85 bits per heavy atom. The van der Waals surface area contributed by atoms with Crippen LogP contribution in [0.15, 0.2) is 23.1 Å². The van der Waals surface area contributed by atoms with Gasteiger partial charge in [0.25, 0.3) is 0 Å². The quantitative estimate of drug-likeness (QED) is 0.827. The van der Waals surface area contributed by atoms with Gasteiger partial charge in [-0.05, 0) is 17.5 Å². The number of nitrogens with two attached hydrogens (primary N) is 1. The van der Waals surface area contributed by atoms with Crippen LogP contribution < -0.4 is 10.5 Å². The van der Waals surface area contributed by atoms with Crippen LogP contribution in [0.4, 0.5) is 13.2 Å². The predicted molar refractivity (Wildman–Crippen MR) is 76.5 cm³/mol. The van der Waals surface area contributed by atoms with Gasteiger partial charge in [-0.25, -0.2) is 0 Å². The van der Waals surface area contributed by atoms with Gasteiger partial charge in [0.1, 0.15) is 11.8 Å². The van der Waals surface area contributed by atoms with E-state index in [1.807, 2.05) is 26.8 Å². The van der Waals surface area contributed by atoms with Gasteiger partial charge in [-0.3, -0.25) is 0 Å². The molecule has 0 radical (unpaired) electrons. The standard InChI is InChI=1S/C14H20F3NOS/c1-13(2,3)12-9(5-4-6-10(12)20)19-8-7-11(18)14(15,16)17/h4-6,11,20H,7-8,18H2,1-3H3. The summed E-state index contributed by atoms with van der Waals surface area (Å²) in [6.07, 6.45) is -4.66. The molecule has 0 saturated heterocycles. The van der Waals surface area contributed by atoms with Crippen molar-refractivity contribution in [3.63, 3.8) is 0 Å². The van der Waals surface area contributed by atoms with Gasteiger partial charge in [0.05, 0.1) is 6.61 Å². The van der Waals surface area contributed by atoms with Crippen LogP contribution in [0.5, 0.6) is 5.75 Å². The highest BCUT2D eigenvalue weighted by molar-refractivity contribution is 7.80. The van der Waals surface area contributed by atoms with E-state index in [2.05, 4.69) is 12.6 Å². The summed E-state index contributed by atoms with van der Waals surface area (Å²) in [5, 5.41) is 0. The molecule has 1 atom stereocenters. The zero-order valence-corrected chi connectivity index (χ0v) is 12.7. The first-order chi connectivity index (χ1) is 9.03. The zero-order valence-electron chi connectivity index (χ0n) is 11.8. The number of thiol groups is 1. The maximum absolute atomic E-state index is 12.3. The number of hydrogen-bond donors (Lipinski definition) is 2. The molecule has 0 saturated carbocycles. The molecule has 0 aromatic heterocycles. The van der Waals surface area contributed by atoms with Gasteiger partial charge < -0.3 is 10.5 Å². The second-order valence-electron chi connectivity index (χ2n) is 5.69. The van der Waals surface area contributed by atoms with Crippen LogP contribution in [0, 0.1) is 0 Å². The summed E-state index contributed by atoms with van der Waals surface area (Å²) < 4.78 is 42.4. The van der Waals surface area contributed by atoms with Crippen LogP contribution in [0.3, 0.4) is 0 Å². The van der Waals surface area contributed by atoms with Crippen molar-refractivity contribution in [2.45, 2.75) is 49.7 Å². The van der Waals surface area contributed by atoms with Gasteiger partial charge in [0.2, 0.25) is 0 Å². The molecule has 1 aromatic carbocycles. The van der Waals surface area contributed by atoms with Crippen LogP contribution in [-0.4, -0.2) is 18.8 Å². The Morgan fingerprint density at radius 3 is 2.35 bits per heavy atom. The third kappa shape index (κ3) is 4.59. The number of rotatable bonds is 4. The lowest BCUT2D eigenvalue weighted by Gasteiger charge is -2.25. The smallest absolute Gasteiger partial charge is 0.403 e. The van der Waals surface area contributed by atoms with E-state index in [0.29, 0.717) is 5.75 Å². The number of benzene rings is 1. The van der Waals surface area contributed by atoms with Gasteiger partial charge >= 0.3 is 6.18 Å². The summed E-state index contributed by atoms with van der Waals surface area (Å²) in [5.41, 5.74) is 5.72. The summed E-state index contributed by atoms with van der Waals surface area (Å²) in [4.78, 5) is 0.759. The van der Waals surface area contributed by atoms with Crippen molar-refractivity contribution in [1.29, 1.82) is 0 Å². The van der Waals surface area contributed by atoms with E-state index in [-0.39, 0.29) is 18.4 Å². The molecule has 1 unspecified atom stereocenters. The van der Waals surface area contributed by atoms with Crippen molar-refractivity contribution in [3.8, 4) is 5.75 Å². The van der Waals surface area contributed by atoms with Gasteiger partial charge in [0, 0.05) is 16.9 Å². The van der Waals surface area contributed by atoms with Gasteiger partial charge in [-0.1, -0.05) is 26.8 Å². The minimum Gasteiger partial charge on any atom is -0.493 e. The molecule has 0 aliphatic rings. The lowest BCUT2D eigenvalue weighted by molar-refractivity contribution is -0.150. The highest BCUT2D eigenvalue weighted by Crippen LogP contribution is 2.36. The molecule has 1 aromatic rings. The molecule has 2 N–H and O–H groups in total. The molecule has 0 amide bonds. The molecule has 6 heteroatoms. The average Bonchev–Trinajstić information content (AvgIpc) is 2.25.